The van der Waals surface area contributed by atoms with Crippen molar-refractivity contribution >= 4 is 10.0 Å². The Balaban J connectivity index is 1.53. The Bertz CT molecular complexity index is 1030. The van der Waals surface area contributed by atoms with Crippen LogP contribution in [-0.4, -0.2) is 25.8 Å². The number of nitrogens with zero attached hydrogens (tertiary/aromatic N) is 1. The van der Waals surface area contributed by atoms with E-state index < -0.39 is 10.0 Å². The average molecular weight is 394 g/mol. The van der Waals surface area contributed by atoms with Gasteiger partial charge in [-0.3, -0.25) is 0 Å². The molecule has 4 heteroatoms. The van der Waals surface area contributed by atoms with Crippen LogP contribution in [-0.2, 0) is 15.4 Å². The smallest absolute Gasteiger partial charge is 0.207 e. The maximum Gasteiger partial charge on any atom is 0.243 e. The second kappa shape index (κ2) is 6.30. The Morgan fingerprint density at radius 1 is 0.893 bits per heavy atom. The summed E-state index contributed by atoms with van der Waals surface area (Å²) in [6.45, 7) is 3.17. The summed E-state index contributed by atoms with van der Waals surface area (Å²) in [5, 5.41) is 0. The zero-order chi connectivity index (χ0) is 19.4. The van der Waals surface area contributed by atoms with Crippen LogP contribution in [0, 0.1) is 12.3 Å². The van der Waals surface area contributed by atoms with Gasteiger partial charge in [-0.25, -0.2) is 8.42 Å². The molecular formula is C24H27NO2S. The minimum absolute atomic E-state index is 0.0482. The molecule has 3 aliphatic carbocycles. The lowest BCUT2D eigenvalue weighted by atomic mass is 9.65. The van der Waals surface area contributed by atoms with E-state index in [0.717, 1.165) is 31.2 Å². The van der Waals surface area contributed by atoms with Crippen molar-refractivity contribution in [1.29, 1.82) is 0 Å². The molecule has 2 bridgehead atoms. The Hall–Kier alpha value is -1.91. The molecule has 4 aliphatic rings. The van der Waals surface area contributed by atoms with Gasteiger partial charge in [0.2, 0.25) is 10.0 Å². The van der Waals surface area contributed by atoms with E-state index >= 15 is 0 Å². The molecule has 1 heterocycles. The van der Waals surface area contributed by atoms with Gasteiger partial charge in [-0.05, 0) is 50.3 Å². The van der Waals surface area contributed by atoms with Crippen molar-refractivity contribution in [2.24, 2.45) is 5.41 Å². The number of aryl methyl sites for hydroxylation is 1. The van der Waals surface area contributed by atoms with E-state index in [1.165, 1.54) is 17.6 Å². The molecule has 0 N–H and O–H groups in total. The molecule has 2 atom stereocenters. The monoisotopic (exact) mass is 393 g/mol. The summed E-state index contributed by atoms with van der Waals surface area (Å²) in [6, 6.07) is 18.1. The van der Waals surface area contributed by atoms with Gasteiger partial charge in [0, 0.05) is 23.9 Å². The van der Waals surface area contributed by atoms with Gasteiger partial charge < -0.3 is 0 Å². The predicted molar refractivity (Wildman–Crippen MR) is 112 cm³/mol. The number of sulfonamides is 1. The first-order valence-electron chi connectivity index (χ1n) is 10.3. The van der Waals surface area contributed by atoms with E-state index in [1.54, 1.807) is 16.4 Å². The lowest BCUT2D eigenvalue weighted by Crippen LogP contribution is -2.34. The molecule has 2 aromatic carbocycles. The van der Waals surface area contributed by atoms with Gasteiger partial charge >= 0.3 is 0 Å². The zero-order valence-electron chi connectivity index (χ0n) is 16.4. The molecule has 1 saturated heterocycles. The van der Waals surface area contributed by atoms with Crippen LogP contribution in [0.15, 0.2) is 71.1 Å². The second-order valence-electron chi connectivity index (χ2n) is 8.91. The summed E-state index contributed by atoms with van der Waals surface area (Å²) in [7, 11) is -3.45. The van der Waals surface area contributed by atoms with Crippen LogP contribution in [0.2, 0.25) is 0 Å². The first-order valence-corrected chi connectivity index (χ1v) is 11.7. The molecule has 28 heavy (non-hydrogen) atoms. The largest absolute Gasteiger partial charge is 0.243 e. The maximum absolute atomic E-state index is 13.3. The fourth-order valence-corrected chi connectivity index (χ4v) is 7.14. The third kappa shape index (κ3) is 2.69. The predicted octanol–water partition coefficient (Wildman–Crippen LogP) is 4.83. The van der Waals surface area contributed by atoms with Gasteiger partial charge in [-0.1, -0.05) is 66.1 Å². The van der Waals surface area contributed by atoms with E-state index in [0.29, 0.717) is 18.0 Å². The molecule has 2 aromatic rings. The number of hydrogen-bond acceptors (Lipinski definition) is 2. The number of fused-ring (bicyclic) bond motifs is 3. The van der Waals surface area contributed by atoms with Gasteiger partial charge in [0.05, 0.1) is 4.90 Å². The van der Waals surface area contributed by atoms with Crippen molar-refractivity contribution in [3.63, 3.8) is 0 Å². The van der Waals surface area contributed by atoms with Crippen LogP contribution in [0.3, 0.4) is 0 Å². The van der Waals surface area contributed by atoms with Gasteiger partial charge in [-0.15, -0.1) is 0 Å². The van der Waals surface area contributed by atoms with Crippen molar-refractivity contribution in [3.8, 4) is 0 Å². The van der Waals surface area contributed by atoms with Crippen molar-refractivity contribution in [2.75, 3.05) is 13.1 Å². The summed E-state index contributed by atoms with van der Waals surface area (Å²) in [5.74, 6) is 0. The molecule has 3 nitrogen and oxygen atoms in total. The Kier molecular flexibility index (Phi) is 4.08. The van der Waals surface area contributed by atoms with Crippen LogP contribution in [0.4, 0.5) is 0 Å². The Morgan fingerprint density at radius 3 is 2.39 bits per heavy atom. The van der Waals surface area contributed by atoms with E-state index in [9.17, 15) is 8.42 Å². The van der Waals surface area contributed by atoms with Gasteiger partial charge in [0.25, 0.3) is 0 Å². The fourth-order valence-electron chi connectivity index (χ4n) is 5.63. The first-order chi connectivity index (χ1) is 13.4. The Labute approximate surface area is 168 Å². The van der Waals surface area contributed by atoms with Crippen LogP contribution in [0.1, 0.15) is 43.2 Å². The number of allylic oxidation sites excluding steroid dienone is 1. The minimum Gasteiger partial charge on any atom is -0.207 e. The summed E-state index contributed by atoms with van der Waals surface area (Å²) >= 11 is 0. The SMILES string of the molecule is Cc1ccc(S(=O)(=O)N2CC3=CC4(c5ccccc5)CCCC3(CC4)C2)cc1. The highest BCUT2D eigenvalue weighted by atomic mass is 32.2. The van der Waals surface area contributed by atoms with Crippen LogP contribution >= 0.6 is 0 Å². The average Bonchev–Trinajstić information content (AvgIpc) is 2.89. The normalized spacial score (nSPS) is 30.0. The van der Waals surface area contributed by atoms with Crippen LogP contribution < -0.4 is 0 Å². The molecule has 146 valence electrons. The third-order valence-electron chi connectivity index (χ3n) is 7.29. The van der Waals surface area contributed by atoms with E-state index in [4.69, 9.17) is 0 Å². The number of rotatable bonds is 3. The summed E-state index contributed by atoms with van der Waals surface area (Å²) < 4.78 is 28.3. The number of hydrogen-bond donors (Lipinski definition) is 0. The number of benzene rings is 2. The lowest BCUT2D eigenvalue weighted by Gasteiger charge is -2.39. The molecule has 1 aliphatic heterocycles. The van der Waals surface area contributed by atoms with Crippen molar-refractivity contribution in [3.05, 3.63) is 77.4 Å². The molecule has 1 spiro atoms. The quantitative estimate of drug-likeness (QED) is 0.701. The summed E-state index contributed by atoms with van der Waals surface area (Å²) in [4.78, 5) is 0.416. The molecule has 0 amide bonds. The van der Waals surface area contributed by atoms with Gasteiger partial charge in [0.15, 0.2) is 0 Å². The van der Waals surface area contributed by atoms with E-state index in [1.807, 2.05) is 19.1 Å². The first kappa shape index (κ1) is 18.1. The molecule has 2 fully saturated rings. The highest BCUT2D eigenvalue weighted by molar-refractivity contribution is 7.89. The van der Waals surface area contributed by atoms with Crippen molar-refractivity contribution in [1.82, 2.24) is 4.31 Å². The maximum atomic E-state index is 13.3. The highest BCUT2D eigenvalue weighted by Gasteiger charge is 2.52. The Morgan fingerprint density at radius 2 is 1.64 bits per heavy atom. The van der Waals surface area contributed by atoms with E-state index in [2.05, 4.69) is 36.4 Å². The lowest BCUT2D eigenvalue weighted by molar-refractivity contribution is 0.284. The second-order valence-corrected chi connectivity index (χ2v) is 10.8. The van der Waals surface area contributed by atoms with Gasteiger partial charge in [0.1, 0.15) is 0 Å². The fraction of sp³-hybridized carbons (Fsp3) is 0.417. The summed E-state index contributed by atoms with van der Waals surface area (Å²) in [5.41, 5.74) is 3.95. The topological polar surface area (TPSA) is 37.4 Å². The van der Waals surface area contributed by atoms with Gasteiger partial charge in [-0.2, -0.15) is 4.31 Å². The van der Waals surface area contributed by atoms with Crippen molar-refractivity contribution in [2.45, 2.75) is 49.3 Å². The highest BCUT2D eigenvalue weighted by Crippen LogP contribution is 2.57. The van der Waals surface area contributed by atoms with Crippen LogP contribution in [0.25, 0.3) is 0 Å². The minimum atomic E-state index is -3.45. The molecule has 6 rings (SSSR count). The zero-order valence-corrected chi connectivity index (χ0v) is 17.2. The molecular weight excluding hydrogens is 366 g/mol. The summed E-state index contributed by atoms with van der Waals surface area (Å²) in [6.07, 6.45) is 8.11. The van der Waals surface area contributed by atoms with Crippen LogP contribution in [0.5, 0.6) is 0 Å². The molecule has 1 saturated carbocycles. The third-order valence-corrected chi connectivity index (χ3v) is 9.10. The molecule has 0 aromatic heterocycles. The van der Waals surface area contributed by atoms with E-state index in [-0.39, 0.29) is 10.8 Å². The van der Waals surface area contributed by atoms with Crippen molar-refractivity contribution < 1.29 is 8.42 Å². The molecule has 2 unspecified atom stereocenters. The molecule has 0 radical (unpaired) electrons. The standard InChI is InChI=1S/C24H27NO2S/c1-19-8-10-22(11-9-19)28(26,27)25-17-21-16-23(20-6-3-2-4-7-20)12-5-13-24(21,18-25)15-14-23/h2-4,6-11,16H,5,12-15,17-18H2,1H3.